The fraction of sp³-hybridized carbons (Fsp3) is 0.667. The molecule has 0 spiro atoms. The lowest BCUT2D eigenvalue weighted by Crippen LogP contribution is -2.37. The normalized spacial score (nSPS) is 23.9. The molecule has 2 nitrogen and oxygen atoms in total. The lowest BCUT2D eigenvalue weighted by atomic mass is 9.87. The quantitative estimate of drug-likeness (QED) is 0.881. The Morgan fingerprint density at radius 1 is 1.39 bits per heavy atom. The van der Waals surface area contributed by atoms with Crippen LogP contribution in [0.3, 0.4) is 0 Å². The zero-order valence-electron chi connectivity index (χ0n) is 11.6. The molecule has 3 heteroatoms. The molecule has 1 N–H and O–H groups in total. The minimum atomic E-state index is 0.135. The molecule has 0 aromatic carbocycles. The Morgan fingerprint density at radius 3 is 2.67 bits per heavy atom. The van der Waals surface area contributed by atoms with Gasteiger partial charge in [0.2, 0.25) is 0 Å². The molecule has 0 unspecified atom stereocenters. The van der Waals surface area contributed by atoms with Gasteiger partial charge in [-0.1, -0.05) is 13.8 Å². The van der Waals surface area contributed by atoms with Gasteiger partial charge in [0, 0.05) is 16.3 Å². The van der Waals surface area contributed by atoms with Crippen LogP contribution in [0.5, 0.6) is 0 Å². The van der Waals surface area contributed by atoms with Crippen LogP contribution in [0.25, 0.3) is 0 Å². The maximum absolute atomic E-state index is 12.3. The van der Waals surface area contributed by atoms with Crippen molar-refractivity contribution >= 4 is 17.2 Å². The van der Waals surface area contributed by atoms with Crippen LogP contribution < -0.4 is 5.32 Å². The van der Waals surface area contributed by atoms with Crippen molar-refractivity contribution in [3.63, 3.8) is 0 Å². The Hall–Kier alpha value is -0.830. The molecule has 0 bridgehead atoms. The molecule has 1 aliphatic rings. The summed E-state index contributed by atoms with van der Waals surface area (Å²) in [7, 11) is 0. The predicted molar refractivity (Wildman–Crippen MR) is 77.3 cm³/mol. The molecule has 1 aromatic heterocycles. The van der Waals surface area contributed by atoms with Gasteiger partial charge in [0.1, 0.15) is 0 Å². The first kappa shape index (κ1) is 13.6. The summed E-state index contributed by atoms with van der Waals surface area (Å²) in [6, 6.07) is 0.388. The Kier molecular flexibility index (Phi) is 4.44. The van der Waals surface area contributed by atoms with E-state index in [0.717, 1.165) is 30.7 Å². The number of thiophene rings is 1. The van der Waals surface area contributed by atoms with E-state index in [2.05, 4.69) is 26.1 Å². The molecular formula is C15H23NOS. The highest BCUT2D eigenvalue weighted by Gasteiger charge is 2.22. The van der Waals surface area contributed by atoms with Gasteiger partial charge in [-0.3, -0.25) is 4.79 Å². The lowest BCUT2D eigenvalue weighted by molar-refractivity contribution is 0.0922. The van der Waals surface area contributed by atoms with E-state index in [1.807, 2.05) is 5.38 Å². The number of amides is 1. The van der Waals surface area contributed by atoms with Crippen LogP contribution in [0.4, 0.5) is 0 Å². The fourth-order valence-corrected chi connectivity index (χ4v) is 3.72. The molecule has 1 amide bonds. The Balaban J connectivity index is 1.99. The molecule has 1 saturated carbocycles. The number of hydrogen-bond acceptors (Lipinski definition) is 2. The van der Waals surface area contributed by atoms with Gasteiger partial charge in [0.15, 0.2) is 0 Å². The van der Waals surface area contributed by atoms with E-state index in [1.54, 1.807) is 11.3 Å². The van der Waals surface area contributed by atoms with Crippen molar-refractivity contribution in [3.05, 3.63) is 21.4 Å². The van der Waals surface area contributed by atoms with E-state index >= 15 is 0 Å². The van der Waals surface area contributed by atoms with Crippen LogP contribution >= 0.6 is 11.3 Å². The van der Waals surface area contributed by atoms with Gasteiger partial charge in [-0.2, -0.15) is 0 Å². The molecule has 0 atom stereocenters. The van der Waals surface area contributed by atoms with Crippen LogP contribution in [-0.4, -0.2) is 11.9 Å². The molecule has 18 heavy (non-hydrogen) atoms. The summed E-state index contributed by atoms with van der Waals surface area (Å²) in [5, 5.41) is 5.22. The van der Waals surface area contributed by atoms with Gasteiger partial charge in [-0.15, -0.1) is 11.3 Å². The smallest absolute Gasteiger partial charge is 0.252 e. The van der Waals surface area contributed by atoms with E-state index in [1.165, 1.54) is 23.3 Å². The first-order valence-corrected chi connectivity index (χ1v) is 7.87. The second-order valence-corrected chi connectivity index (χ2v) is 6.55. The summed E-state index contributed by atoms with van der Waals surface area (Å²) < 4.78 is 0. The highest BCUT2D eigenvalue weighted by molar-refractivity contribution is 7.10. The fourth-order valence-electron chi connectivity index (χ4n) is 2.78. The standard InChI is InChI=1S/C15H23NOS/c1-4-13-11(3)18-9-14(13)15(17)16-12-7-5-10(2)6-8-12/h9-10,12H,4-8H2,1-3H3,(H,16,17). The van der Waals surface area contributed by atoms with Gasteiger partial charge in [0.05, 0.1) is 5.56 Å². The van der Waals surface area contributed by atoms with Crippen molar-refractivity contribution in [1.29, 1.82) is 0 Å². The SMILES string of the molecule is CCc1c(C(=O)NC2CCC(C)CC2)csc1C. The van der Waals surface area contributed by atoms with Crippen LogP contribution in [0.15, 0.2) is 5.38 Å². The highest BCUT2D eigenvalue weighted by atomic mass is 32.1. The number of nitrogens with one attached hydrogen (secondary N) is 1. The Bertz CT molecular complexity index is 416. The molecule has 1 heterocycles. The average molecular weight is 265 g/mol. The molecule has 1 aromatic rings. The molecule has 100 valence electrons. The number of rotatable bonds is 3. The lowest BCUT2D eigenvalue weighted by Gasteiger charge is -2.26. The maximum Gasteiger partial charge on any atom is 0.252 e. The zero-order valence-corrected chi connectivity index (χ0v) is 12.4. The van der Waals surface area contributed by atoms with Crippen LogP contribution in [0.1, 0.15) is 60.3 Å². The van der Waals surface area contributed by atoms with Gasteiger partial charge in [-0.25, -0.2) is 0 Å². The molecule has 0 radical (unpaired) electrons. The summed E-state index contributed by atoms with van der Waals surface area (Å²) >= 11 is 1.69. The molecule has 1 aliphatic carbocycles. The van der Waals surface area contributed by atoms with E-state index in [-0.39, 0.29) is 5.91 Å². The first-order chi connectivity index (χ1) is 8.61. The topological polar surface area (TPSA) is 29.1 Å². The minimum absolute atomic E-state index is 0.135. The third kappa shape index (κ3) is 2.94. The maximum atomic E-state index is 12.3. The number of aryl methyl sites for hydroxylation is 1. The number of hydrogen-bond donors (Lipinski definition) is 1. The van der Waals surface area contributed by atoms with Crippen molar-refractivity contribution in [2.75, 3.05) is 0 Å². The monoisotopic (exact) mass is 265 g/mol. The van der Waals surface area contributed by atoms with Crippen LogP contribution in [0.2, 0.25) is 0 Å². The largest absolute Gasteiger partial charge is 0.349 e. The van der Waals surface area contributed by atoms with Crippen molar-refractivity contribution in [3.8, 4) is 0 Å². The molecule has 0 saturated heterocycles. The zero-order chi connectivity index (χ0) is 13.1. The van der Waals surface area contributed by atoms with Gasteiger partial charge in [0.25, 0.3) is 5.91 Å². The van der Waals surface area contributed by atoms with Gasteiger partial charge >= 0.3 is 0 Å². The molecular weight excluding hydrogens is 242 g/mol. The number of carbonyl (C=O) groups is 1. The van der Waals surface area contributed by atoms with E-state index in [4.69, 9.17) is 0 Å². The van der Waals surface area contributed by atoms with Crippen molar-refractivity contribution in [2.24, 2.45) is 5.92 Å². The van der Waals surface area contributed by atoms with E-state index in [9.17, 15) is 4.79 Å². The second-order valence-electron chi connectivity index (χ2n) is 5.47. The van der Waals surface area contributed by atoms with Crippen molar-refractivity contribution in [1.82, 2.24) is 5.32 Å². The second kappa shape index (κ2) is 5.87. The highest BCUT2D eigenvalue weighted by Crippen LogP contribution is 2.25. The molecule has 1 fully saturated rings. The average Bonchev–Trinajstić information content (AvgIpc) is 2.73. The van der Waals surface area contributed by atoms with Gasteiger partial charge in [-0.05, 0) is 50.5 Å². The Morgan fingerprint density at radius 2 is 2.06 bits per heavy atom. The molecule has 0 aliphatic heterocycles. The van der Waals surface area contributed by atoms with Crippen molar-refractivity contribution in [2.45, 2.75) is 58.9 Å². The predicted octanol–water partition coefficient (Wildman–Crippen LogP) is 3.93. The summed E-state index contributed by atoms with van der Waals surface area (Å²) in [4.78, 5) is 13.6. The summed E-state index contributed by atoms with van der Waals surface area (Å²) in [5.74, 6) is 0.962. The number of carbonyl (C=O) groups excluding carboxylic acids is 1. The summed E-state index contributed by atoms with van der Waals surface area (Å²) in [6.07, 6.45) is 5.71. The third-order valence-electron chi connectivity index (χ3n) is 4.05. The van der Waals surface area contributed by atoms with E-state index in [0.29, 0.717) is 6.04 Å². The Labute approximate surface area is 114 Å². The van der Waals surface area contributed by atoms with E-state index < -0.39 is 0 Å². The van der Waals surface area contributed by atoms with Crippen molar-refractivity contribution < 1.29 is 4.79 Å². The molecule has 2 rings (SSSR count). The van der Waals surface area contributed by atoms with Crippen LogP contribution in [0, 0.1) is 12.8 Å². The van der Waals surface area contributed by atoms with Crippen LogP contribution in [-0.2, 0) is 6.42 Å². The summed E-state index contributed by atoms with van der Waals surface area (Å²) in [6.45, 7) is 6.52. The summed E-state index contributed by atoms with van der Waals surface area (Å²) in [5.41, 5.74) is 2.13. The first-order valence-electron chi connectivity index (χ1n) is 6.99. The van der Waals surface area contributed by atoms with Gasteiger partial charge < -0.3 is 5.32 Å². The third-order valence-corrected chi connectivity index (χ3v) is 5.01. The minimum Gasteiger partial charge on any atom is -0.349 e.